The highest BCUT2D eigenvalue weighted by Crippen LogP contribution is 2.23. The van der Waals surface area contributed by atoms with Gasteiger partial charge >= 0.3 is 0 Å². The Balaban J connectivity index is 2.56. The van der Waals surface area contributed by atoms with Gasteiger partial charge in [0.25, 0.3) is 0 Å². The molecule has 0 aliphatic carbocycles. The normalized spacial score (nSPS) is 12.5. The molecule has 2 nitrogen and oxygen atoms in total. The first-order valence-corrected chi connectivity index (χ1v) is 6.85. The SMILES string of the molecule is CSCCC(C)Nc1ncc(Cl)cc1Cl. The lowest BCUT2D eigenvalue weighted by atomic mass is 10.2. The van der Waals surface area contributed by atoms with Crippen LogP contribution in [-0.4, -0.2) is 23.0 Å². The summed E-state index contributed by atoms with van der Waals surface area (Å²) in [7, 11) is 0. The van der Waals surface area contributed by atoms with E-state index in [2.05, 4.69) is 23.5 Å². The largest absolute Gasteiger partial charge is 0.366 e. The lowest BCUT2D eigenvalue weighted by molar-refractivity contribution is 0.767. The summed E-state index contributed by atoms with van der Waals surface area (Å²) in [6, 6.07) is 2.06. The number of pyridine rings is 1. The van der Waals surface area contributed by atoms with E-state index in [1.54, 1.807) is 12.3 Å². The Kier molecular flexibility index (Phi) is 5.58. The molecule has 0 saturated carbocycles. The van der Waals surface area contributed by atoms with Gasteiger partial charge in [0.2, 0.25) is 0 Å². The summed E-state index contributed by atoms with van der Waals surface area (Å²) in [6.45, 7) is 2.11. The van der Waals surface area contributed by atoms with Gasteiger partial charge in [-0.25, -0.2) is 4.98 Å². The van der Waals surface area contributed by atoms with Crippen molar-refractivity contribution in [2.75, 3.05) is 17.3 Å². The second kappa shape index (κ2) is 6.46. The fraction of sp³-hybridized carbons (Fsp3) is 0.500. The van der Waals surface area contributed by atoms with Gasteiger partial charge in [0, 0.05) is 12.2 Å². The molecule has 0 amide bonds. The molecule has 1 unspecified atom stereocenters. The number of nitrogens with zero attached hydrogens (tertiary/aromatic N) is 1. The zero-order valence-corrected chi connectivity index (χ0v) is 11.1. The third-order valence-electron chi connectivity index (χ3n) is 1.95. The van der Waals surface area contributed by atoms with Gasteiger partial charge in [-0.15, -0.1) is 0 Å². The monoisotopic (exact) mass is 264 g/mol. The lowest BCUT2D eigenvalue weighted by Gasteiger charge is -2.14. The number of nitrogens with one attached hydrogen (secondary N) is 1. The Morgan fingerprint density at radius 1 is 1.53 bits per heavy atom. The van der Waals surface area contributed by atoms with Gasteiger partial charge in [0.05, 0.1) is 10.0 Å². The van der Waals surface area contributed by atoms with Crippen LogP contribution in [0.15, 0.2) is 12.3 Å². The molecule has 0 saturated heterocycles. The maximum atomic E-state index is 5.99. The minimum Gasteiger partial charge on any atom is -0.366 e. The smallest absolute Gasteiger partial charge is 0.145 e. The quantitative estimate of drug-likeness (QED) is 0.872. The van der Waals surface area contributed by atoms with E-state index in [-0.39, 0.29) is 0 Å². The highest BCUT2D eigenvalue weighted by molar-refractivity contribution is 7.98. The number of thioether (sulfide) groups is 1. The van der Waals surface area contributed by atoms with Crippen LogP contribution in [0.2, 0.25) is 10.0 Å². The minimum absolute atomic E-state index is 0.364. The van der Waals surface area contributed by atoms with E-state index >= 15 is 0 Å². The molecule has 1 N–H and O–H groups in total. The van der Waals surface area contributed by atoms with Gasteiger partial charge in [0.1, 0.15) is 5.82 Å². The van der Waals surface area contributed by atoms with E-state index in [9.17, 15) is 0 Å². The number of hydrogen-bond donors (Lipinski definition) is 1. The molecule has 1 atom stereocenters. The van der Waals surface area contributed by atoms with Crippen LogP contribution in [0.25, 0.3) is 0 Å². The molecule has 1 aromatic heterocycles. The van der Waals surface area contributed by atoms with E-state index in [4.69, 9.17) is 23.2 Å². The molecule has 0 fully saturated rings. The number of rotatable bonds is 5. The summed E-state index contributed by atoms with van der Waals surface area (Å²) < 4.78 is 0. The Labute approximate surface area is 105 Å². The highest BCUT2D eigenvalue weighted by Gasteiger charge is 2.06. The first-order chi connectivity index (χ1) is 7.13. The highest BCUT2D eigenvalue weighted by atomic mass is 35.5. The van der Waals surface area contributed by atoms with Crippen LogP contribution in [0.5, 0.6) is 0 Å². The van der Waals surface area contributed by atoms with Gasteiger partial charge < -0.3 is 5.32 Å². The molecule has 15 heavy (non-hydrogen) atoms. The average molecular weight is 265 g/mol. The van der Waals surface area contributed by atoms with Crippen LogP contribution in [-0.2, 0) is 0 Å². The summed E-state index contributed by atoms with van der Waals surface area (Å²) in [4.78, 5) is 4.14. The Bertz CT molecular complexity index is 320. The Morgan fingerprint density at radius 2 is 2.27 bits per heavy atom. The zero-order chi connectivity index (χ0) is 11.3. The standard InChI is InChI=1S/C10H14Cl2N2S/c1-7(3-4-15-2)14-10-9(12)5-8(11)6-13-10/h5-7H,3-4H2,1-2H3,(H,13,14). The van der Waals surface area contributed by atoms with Crippen molar-refractivity contribution < 1.29 is 0 Å². The molecule has 1 heterocycles. The van der Waals surface area contributed by atoms with E-state index in [1.165, 1.54) is 0 Å². The first-order valence-electron chi connectivity index (χ1n) is 4.70. The van der Waals surface area contributed by atoms with E-state index in [0.717, 1.165) is 12.2 Å². The third kappa shape index (κ3) is 4.49. The minimum atomic E-state index is 0.364. The van der Waals surface area contributed by atoms with Crippen molar-refractivity contribution >= 4 is 40.8 Å². The number of halogens is 2. The summed E-state index contributed by atoms with van der Waals surface area (Å²) >= 11 is 13.6. The molecule has 0 bridgehead atoms. The van der Waals surface area contributed by atoms with Crippen molar-refractivity contribution in [3.63, 3.8) is 0 Å². The van der Waals surface area contributed by atoms with Crippen LogP contribution in [0.4, 0.5) is 5.82 Å². The van der Waals surface area contributed by atoms with Crippen molar-refractivity contribution in [1.29, 1.82) is 0 Å². The van der Waals surface area contributed by atoms with E-state index < -0.39 is 0 Å². The second-order valence-corrected chi connectivity index (χ2v) is 5.14. The summed E-state index contributed by atoms with van der Waals surface area (Å²) in [6.07, 6.45) is 4.78. The van der Waals surface area contributed by atoms with Gasteiger partial charge in [-0.2, -0.15) is 11.8 Å². The molecule has 84 valence electrons. The molecule has 0 spiro atoms. The molecule has 0 aliphatic heterocycles. The van der Waals surface area contributed by atoms with Gasteiger partial charge in [-0.05, 0) is 31.4 Å². The summed E-state index contributed by atoms with van der Waals surface area (Å²) in [5.41, 5.74) is 0. The number of aromatic nitrogens is 1. The molecular weight excluding hydrogens is 251 g/mol. The second-order valence-electron chi connectivity index (χ2n) is 3.31. The number of hydrogen-bond acceptors (Lipinski definition) is 3. The lowest BCUT2D eigenvalue weighted by Crippen LogP contribution is -2.17. The molecule has 0 aromatic carbocycles. The maximum Gasteiger partial charge on any atom is 0.145 e. The van der Waals surface area contributed by atoms with Crippen LogP contribution >= 0.6 is 35.0 Å². The number of anilines is 1. The topological polar surface area (TPSA) is 24.9 Å². The predicted octanol–water partition coefficient (Wildman–Crippen LogP) is 3.94. The van der Waals surface area contributed by atoms with Crippen molar-refractivity contribution in [2.24, 2.45) is 0 Å². The molecule has 5 heteroatoms. The first kappa shape index (κ1) is 12.9. The van der Waals surface area contributed by atoms with Crippen molar-refractivity contribution in [1.82, 2.24) is 4.98 Å². The van der Waals surface area contributed by atoms with Gasteiger partial charge in [-0.3, -0.25) is 0 Å². The van der Waals surface area contributed by atoms with E-state index in [1.807, 2.05) is 11.8 Å². The zero-order valence-electron chi connectivity index (χ0n) is 8.76. The van der Waals surface area contributed by atoms with Crippen molar-refractivity contribution in [2.45, 2.75) is 19.4 Å². The average Bonchev–Trinajstić information content (AvgIpc) is 2.19. The fourth-order valence-corrected chi connectivity index (χ4v) is 2.14. The molecule has 0 aliphatic rings. The fourth-order valence-electron chi connectivity index (χ4n) is 1.12. The maximum absolute atomic E-state index is 5.99. The van der Waals surface area contributed by atoms with Crippen LogP contribution in [0.3, 0.4) is 0 Å². The van der Waals surface area contributed by atoms with Crippen molar-refractivity contribution in [3.8, 4) is 0 Å². The molecular formula is C10H14Cl2N2S. The molecule has 0 radical (unpaired) electrons. The van der Waals surface area contributed by atoms with Crippen LogP contribution < -0.4 is 5.32 Å². The van der Waals surface area contributed by atoms with Crippen molar-refractivity contribution in [3.05, 3.63) is 22.3 Å². The Morgan fingerprint density at radius 3 is 2.87 bits per heavy atom. The molecule has 1 aromatic rings. The molecule has 1 rings (SSSR count). The third-order valence-corrected chi connectivity index (χ3v) is 3.08. The van der Waals surface area contributed by atoms with Gasteiger partial charge in [-0.1, -0.05) is 23.2 Å². The Hall–Kier alpha value is -0.120. The van der Waals surface area contributed by atoms with Crippen LogP contribution in [0.1, 0.15) is 13.3 Å². The summed E-state index contributed by atoms with van der Waals surface area (Å²) in [5.74, 6) is 1.83. The van der Waals surface area contributed by atoms with E-state index in [0.29, 0.717) is 21.9 Å². The van der Waals surface area contributed by atoms with Gasteiger partial charge in [0.15, 0.2) is 0 Å². The predicted molar refractivity (Wildman–Crippen MR) is 70.3 cm³/mol. The van der Waals surface area contributed by atoms with Crippen LogP contribution in [0, 0.1) is 0 Å². The summed E-state index contributed by atoms with van der Waals surface area (Å²) in [5, 5.41) is 4.38.